The molecule has 0 saturated heterocycles. The number of hydrogen-bond donors (Lipinski definition) is 1. The number of nitrogens with one attached hydrogen (secondary N) is 1. The van der Waals surface area contributed by atoms with Crippen molar-refractivity contribution in [3.8, 4) is 11.4 Å². The van der Waals surface area contributed by atoms with Gasteiger partial charge in [-0.05, 0) is 37.5 Å². The second kappa shape index (κ2) is 7.55. The minimum atomic E-state index is 0.801. The predicted molar refractivity (Wildman–Crippen MR) is 92.7 cm³/mol. The molecule has 0 aliphatic carbocycles. The van der Waals surface area contributed by atoms with E-state index >= 15 is 0 Å². The van der Waals surface area contributed by atoms with Crippen LogP contribution in [0.1, 0.15) is 37.9 Å². The first-order chi connectivity index (χ1) is 10.1. The van der Waals surface area contributed by atoms with Crippen LogP contribution in [0.15, 0.2) is 28.7 Å². The molecule has 1 aromatic heterocycles. The Labute approximate surface area is 135 Å². The second-order valence-corrected chi connectivity index (χ2v) is 6.06. The summed E-state index contributed by atoms with van der Waals surface area (Å²) in [6, 6.07) is 8.30. The van der Waals surface area contributed by atoms with Gasteiger partial charge in [-0.2, -0.15) is 0 Å². The Morgan fingerprint density at radius 1 is 1.10 bits per heavy atom. The van der Waals surface area contributed by atoms with Crippen LogP contribution >= 0.6 is 15.9 Å². The lowest BCUT2D eigenvalue weighted by Crippen LogP contribution is -2.05. The smallest absolute Gasteiger partial charge is 0.161 e. The van der Waals surface area contributed by atoms with Crippen molar-refractivity contribution < 1.29 is 0 Å². The molecule has 2 aromatic rings. The molecule has 0 atom stereocenters. The van der Waals surface area contributed by atoms with Crippen molar-refractivity contribution in [2.75, 3.05) is 11.9 Å². The number of halogens is 1. The van der Waals surface area contributed by atoms with Gasteiger partial charge in [0.1, 0.15) is 5.82 Å². The van der Waals surface area contributed by atoms with Gasteiger partial charge >= 0.3 is 0 Å². The Morgan fingerprint density at radius 3 is 2.57 bits per heavy atom. The van der Waals surface area contributed by atoms with Crippen molar-refractivity contribution in [1.82, 2.24) is 9.97 Å². The van der Waals surface area contributed by atoms with E-state index in [9.17, 15) is 0 Å². The van der Waals surface area contributed by atoms with E-state index in [1.54, 1.807) is 0 Å². The first-order valence-electron chi connectivity index (χ1n) is 7.52. The average Bonchev–Trinajstić information content (AvgIpc) is 2.48. The third kappa shape index (κ3) is 4.27. The van der Waals surface area contributed by atoms with Crippen LogP contribution in [0.3, 0.4) is 0 Å². The fourth-order valence-electron chi connectivity index (χ4n) is 2.14. The van der Waals surface area contributed by atoms with Gasteiger partial charge in [0.05, 0.1) is 0 Å². The molecule has 0 saturated carbocycles. The Balaban J connectivity index is 2.40. The third-order valence-corrected chi connectivity index (χ3v) is 4.15. The van der Waals surface area contributed by atoms with Gasteiger partial charge in [-0.25, -0.2) is 9.97 Å². The van der Waals surface area contributed by atoms with E-state index in [2.05, 4.69) is 71.3 Å². The maximum absolute atomic E-state index is 4.71. The largest absolute Gasteiger partial charge is 0.370 e. The van der Waals surface area contributed by atoms with Crippen molar-refractivity contribution in [3.05, 3.63) is 40.0 Å². The summed E-state index contributed by atoms with van der Waals surface area (Å²) in [7, 11) is 0. The van der Waals surface area contributed by atoms with Gasteiger partial charge in [-0.3, -0.25) is 0 Å². The Kier molecular flexibility index (Phi) is 5.74. The second-order valence-electron chi connectivity index (χ2n) is 5.21. The molecule has 0 aliphatic rings. The lowest BCUT2D eigenvalue weighted by Gasteiger charge is -2.10. The number of nitrogens with zero attached hydrogens (tertiary/aromatic N) is 2. The molecule has 0 aliphatic heterocycles. The average molecular weight is 348 g/mol. The van der Waals surface area contributed by atoms with Crippen molar-refractivity contribution in [1.29, 1.82) is 0 Å². The topological polar surface area (TPSA) is 37.8 Å². The van der Waals surface area contributed by atoms with E-state index < -0.39 is 0 Å². The third-order valence-electron chi connectivity index (χ3n) is 3.26. The maximum atomic E-state index is 4.71. The standard InChI is InChI=1S/C17H22BrN3/c1-4-6-14-11-16(19-9-5-2)21-17(20-14)13-7-8-15(18)12(3)10-13/h7-8,10-11H,4-6,9H2,1-3H3,(H,19,20,21). The zero-order valence-electron chi connectivity index (χ0n) is 12.9. The van der Waals surface area contributed by atoms with Gasteiger partial charge in [0.2, 0.25) is 0 Å². The van der Waals surface area contributed by atoms with Crippen LogP contribution in [-0.2, 0) is 6.42 Å². The summed E-state index contributed by atoms with van der Waals surface area (Å²) in [5.41, 5.74) is 3.36. The van der Waals surface area contributed by atoms with Crippen molar-refractivity contribution >= 4 is 21.7 Å². The van der Waals surface area contributed by atoms with Crippen LogP contribution in [0.2, 0.25) is 0 Å². The highest BCUT2D eigenvalue weighted by Gasteiger charge is 2.08. The Morgan fingerprint density at radius 2 is 1.90 bits per heavy atom. The molecule has 1 aromatic carbocycles. The van der Waals surface area contributed by atoms with Gasteiger partial charge in [-0.15, -0.1) is 0 Å². The fourth-order valence-corrected chi connectivity index (χ4v) is 2.38. The van der Waals surface area contributed by atoms with Crippen LogP contribution in [0.25, 0.3) is 11.4 Å². The van der Waals surface area contributed by atoms with Gasteiger partial charge in [0.25, 0.3) is 0 Å². The first-order valence-corrected chi connectivity index (χ1v) is 8.31. The number of hydrogen-bond acceptors (Lipinski definition) is 3. The zero-order valence-corrected chi connectivity index (χ0v) is 14.5. The van der Waals surface area contributed by atoms with Gasteiger partial charge < -0.3 is 5.32 Å². The summed E-state index contributed by atoms with van der Waals surface area (Å²) in [6.07, 6.45) is 3.15. The summed E-state index contributed by atoms with van der Waals surface area (Å²) in [6.45, 7) is 7.34. The normalized spacial score (nSPS) is 10.7. The number of anilines is 1. The van der Waals surface area contributed by atoms with Crippen LogP contribution in [0.5, 0.6) is 0 Å². The maximum Gasteiger partial charge on any atom is 0.161 e. The molecule has 21 heavy (non-hydrogen) atoms. The summed E-state index contributed by atoms with van der Waals surface area (Å²) in [4.78, 5) is 9.36. The van der Waals surface area contributed by atoms with E-state index in [4.69, 9.17) is 4.98 Å². The highest BCUT2D eigenvalue weighted by molar-refractivity contribution is 9.10. The SMILES string of the molecule is CCCNc1cc(CCC)nc(-c2ccc(Br)c(C)c2)n1. The monoisotopic (exact) mass is 347 g/mol. The molecule has 1 heterocycles. The number of rotatable bonds is 6. The Hall–Kier alpha value is -1.42. The molecule has 3 nitrogen and oxygen atoms in total. The zero-order chi connectivity index (χ0) is 15.2. The summed E-state index contributed by atoms with van der Waals surface area (Å²) >= 11 is 3.54. The van der Waals surface area contributed by atoms with Crippen molar-refractivity contribution in [2.45, 2.75) is 40.0 Å². The molecule has 0 spiro atoms. The van der Waals surface area contributed by atoms with Crippen LogP contribution in [-0.4, -0.2) is 16.5 Å². The van der Waals surface area contributed by atoms with Gasteiger partial charge in [0, 0.05) is 28.3 Å². The molecule has 0 radical (unpaired) electrons. The van der Waals surface area contributed by atoms with Crippen LogP contribution in [0, 0.1) is 6.92 Å². The first kappa shape index (κ1) is 16.0. The molecule has 1 N–H and O–H groups in total. The summed E-state index contributed by atoms with van der Waals surface area (Å²) in [5.74, 6) is 1.72. The van der Waals surface area contributed by atoms with Crippen LogP contribution in [0.4, 0.5) is 5.82 Å². The van der Waals surface area contributed by atoms with Gasteiger partial charge in [-0.1, -0.05) is 42.3 Å². The molecule has 4 heteroatoms. The number of benzene rings is 1. The number of aromatic nitrogens is 2. The quantitative estimate of drug-likeness (QED) is 0.799. The molecule has 0 unspecified atom stereocenters. The molecule has 2 rings (SSSR count). The lowest BCUT2D eigenvalue weighted by molar-refractivity contribution is 0.872. The highest BCUT2D eigenvalue weighted by atomic mass is 79.9. The summed E-state index contributed by atoms with van der Waals surface area (Å²) in [5, 5.41) is 3.37. The van der Waals surface area contributed by atoms with Crippen molar-refractivity contribution in [2.24, 2.45) is 0 Å². The number of aryl methyl sites for hydroxylation is 2. The predicted octanol–water partition coefficient (Wildman–Crippen LogP) is 4.99. The van der Waals surface area contributed by atoms with E-state index in [1.165, 1.54) is 5.56 Å². The van der Waals surface area contributed by atoms with Crippen LogP contribution < -0.4 is 5.32 Å². The highest BCUT2D eigenvalue weighted by Crippen LogP contribution is 2.24. The molecule has 0 amide bonds. The molecule has 0 bridgehead atoms. The lowest BCUT2D eigenvalue weighted by atomic mass is 10.1. The van der Waals surface area contributed by atoms with Gasteiger partial charge in [0.15, 0.2) is 5.82 Å². The minimum Gasteiger partial charge on any atom is -0.370 e. The van der Waals surface area contributed by atoms with E-state index in [-0.39, 0.29) is 0 Å². The minimum absolute atomic E-state index is 0.801. The van der Waals surface area contributed by atoms with E-state index in [1.807, 2.05) is 0 Å². The van der Waals surface area contributed by atoms with E-state index in [0.717, 1.165) is 53.2 Å². The molecular weight excluding hydrogens is 326 g/mol. The molecule has 112 valence electrons. The Bertz CT molecular complexity index is 611. The fraction of sp³-hybridized carbons (Fsp3) is 0.412. The molecule has 0 fully saturated rings. The summed E-state index contributed by atoms with van der Waals surface area (Å²) < 4.78 is 1.11. The van der Waals surface area contributed by atoms with E-state index in [0.29, 0.717) is 0 Å². The molecular formula is C17H22BrN3. The van der Waals surface area contributed by atoms with Crippen molar-refractivity contribution in [3.63, 3.8) is 0 Å².